The molecule has 0 unspecified atom stereocenters. The van der Waals surface area contributed by atoms with Crippen LogP contribution in [0.2, 0.25) is 0 Å². The lowest BCUT2D eigenvalue weighted by molar-refractivity contribution is 0.301. The van der Waals surface area contributed by atoms with E-state index >= 15 is 0 Å². The summed E-state index contributed by atoms with van der Waals surface area (Å²) in [5, 5.41) is 25.9. The first kappa shape index (κ1) is 16.3. The third-order valence-electron chi connectivity index (χ3n) is 3.52. The molecule has 0 spiro atoms. The quantitative estimate of drug-likeness (QED) is 0.609. The Morgan fingerprint density at radius 2 is 2.28 bits per heavy atom. The molecule has 3 aromatic rings. The number of nitriles is 1. The highest BCUT2D eigenvalue weighted by molar-refractivity contribution is 5.92. The number of aliphatic imine (C=N–C) groups is 1. The van der Waals surface area contributed by atoms with Crippen molar-refractivity contribution < 1.29 is 5.11 Å². The molecule has 0 fully saturated rings. The summed E-state index contributed by atoms with van der Waals surface area (Å²) in [5.41, 5.74) is 8.06. The highest BCUT2D eigenvalue weighted by Crippen LogP contribution is 2.25. The summed E-state index contributed by atoms with van der Waals surface area (Å²) in [7, 11) is 0. The van der Waals surface area contributed by atoms with E-state index in [2.05, 4.69) is 31.2 Å². The molecular formula is C17H15N7O. The summed E-state index contributed by atoms with van der Waals surface area (Å²) >= 11 is 0. The van der Waals surface area contributed by atoms with E-state index in [1.165, 1.54) is 6.20 Å². The molecule has 0 aliphatic rings. The molecule has 25 heavy (non-hydrogen) atoms. The largest absolute Gasteiger partial charge is 0.404 e. The standard InChI is InChI=1S/C17H15N7O/c18-8-11-1-2-14-13(7-11)16(24-23-14)17-20-5-3-15(22-17)21-10-12(9-19)4-6-25/h1-3,5,7,9-10,25H,4,6,19H2,(H,23,24). The minimum Gasteiger partial charge on any atom is -0.404 e. The van der Waals surface area contributed by atoms with Gasteiger partial charge in [0, 0.05) is 30.5 Å². The Morgan fingerprint density at radius 3 is 3.04 bits per heavy atom. The summed E-state index contributed by atoms with van der Waals surface area (Å²) < 4.78 is 0. The van der Waals surface area contributed by atoms with Crippen molar-refractivity contribution in [3.63, 3.8) is 0 Å². The predicted molar refractivity (Wildman–Crippen MR) is 94.0 cm³/mol. The number of nitrogens with one attached hydrogen (secondary N) is 1. The molecule has 2 heterocycles. The first-order chi connectivity index (χ1) is 12.2. The zero-order valence-corrected chi connectivity index (χ0v) is 13.2. The van der Waals surface area contributed by atoms with E-state index in [-0.39, 0.29) is 6.61 Å². The number of aliphatic hydroxyl groups excluding tert-OH is 1. The number of H-pyrrole nitrogens is 1. The zero-order chi connectivity index (χ0) is 17.6. The van der Waals surface area contributed by atoms with Gasteiger partial charge in [-0.1, -0.05) is 0 Å². The summed E-state index contributed by atoms with van der Waals surface area (Å²) in [6, 6.07) is 9.01. The van der Waals surface area contributed by atoms with Crippen LogP contribution < -0.4 is 5.73 Å². The second-order valence-electron chi connectivity index (χ2n) is 5.16. The van der Waals surface area contributed by atoms with Crippen molar-refractivity contribution in [2.24, 2.45) is 10.7 Å². The van der Waals surface area contributed by atoms with Crippen molar-refractivity contribution in [1.29, 1.82) is 5.26 Å². The van der Waals surface area contributed by atoms with Crippen LogP contribution in [-0.4, -0.2) is 38.1 Å². The van der Waals surface area contributed by atoms with Crippen molar-refractivity contribution in [3.05, 3.63) is 47.8 Å². The number of hydrogen-bond acceptors (Lipinski definition) is 7. The number of nitrogens with two attached hydrogens (primary N) is 1. The van der Waals surface area contributed by atoms with E-state index in [9.17, 15) is 0 Å². The number of nitrogens with zero attached hydrogens (tertiary/aromatic N) is 5. The topological polar surface area (TPSA) is 137 Å². The average molecular weight is 333 g/mol. The van der Waals surface area contributed by atoms with E-state index < -0.39 is 0 Å². The molecular weight excluding hydrogens is 318 g/mol. The Morgan fingerprint density at radius 1 is 1.40 bits per heavy atom. The molecule has 0 atom stereocenters. The van der Waals surface area contributed by atoms with Crippen LogP contribution in [0.1, 0.15) is 12.0 Å². The predicted octanol–water partition coefficient (Wildman–Crippen LogP) is 1.82. The molecule has 0 saturated heterocycles. The molecule has 8 nitrogen and oxygen atoms in total. The fourth-order valence-electron chi connectivity index (χ4n) is 2.26. The number of fused-ring (bicyclic) bond motifs is 1. The third-order valence-corrected chi connectivity index (χ3v) is 3.52. The Labute approximate surface area is 143 Å². The van der Waals surface area contributed by atoms with Crippen LogP contribution in [0.4, 0.5) is 5.82 Å². The fourth-order valence-corrected chi connectivity index (χ4v) is 2.26. The van der Waals surface area contributed by atoms with Crippen LogP contribution in [0, 0.1) is 11.3 Å². The van der Waals surface area contributed by atoms with Gasteiger partial charge in [-0.15, -0.1) is 0 Å². The second kappa shape index (κ2) is 7.33. The number of hydrogen-bond donors (Lipinski definition) is 3. The van der Waals surface area contributed by atoms with Crippen LogP contribution in [0.15, 0.2) is 47.2 Å². The van der Waals surface area contributed by atoms with Gasteiger partial charge in [0.1, 0.15) is 5.69 Å². The van der Waals surface area contributed by atoms with E-state index in [1.807, 2.05) is 0 Å². The molecule has 0 saturated carbocycles. The van der Waals surface area contributed by atoms with Gasteiger partial charge in [0.2, 0.25) is 0 Å². The lowest BCUT2D eigenvalue weighted by atomic mass is 10.1. The lowest BCUT2D eigenvalue weighted by Gasteiger charge is -2.00. The van der Waals surface area contributed by atoms with Gasteiger partial charge in [0.25, 0.3) is 0 Å². The van der Waals surface area contributed by atoms with E-state index in [0.717, 1.165) is 10.9 Å². The van der Waals surface area contributed by atoms with Crippen molar-refractivity contribution in [3.8, 4) is 17.6 Å². The first-order valence-electron chi connectivity index (χ1n) is 7.52. The van der Waals surface area contributed by atoms with Crippen molar-refractivity contribution in [1.82, 2.24) is 20.2 Å². The normalized spacial score (nSPS) is 11.9. The number of rotatable bonds is 5. The van der Waals surface area contributed by atoms with Gasteiger partial charge < -0.3 is 10.8 Å². The minimum absolute atomic E-state index is 0.00936. The molecule has 3 rings (SSSR count). The van der Waals surface area contributed by atoms with Gasteiger partial charge in [0.05, 0.1) is 17.1 Å². The molecule has 0 aliphatic carbocycles. The third kappa shape index (κ3) is 3.52. The van der Waals surface area contributed by atoms with Crippen molar-refractivity contribution in [2.75, 3.05) is 6.61 Å². The summed E-state index contributed by atoms with van der Waals surface area (Å²) in [6.07, 6.45) is 4.95. The zero-order valence-electron chi connectivity index (χ0n) is 13.2. The van der Waals surface area contributed by atoms with Gasteiger partial charge >= 0.3 is 0 Å². The summed E-state index contributed by atoms with van der Waals surface area (Å²) in [4.78, 5) is 12.9. The monoisotopic (exact) mass is 333 g/mol. The first-order valence-corrected chi connectivity index (χ1v) is 7.52. The maximum absolute atomic E-state index is 9.06. The molecule has 0 radical (unpaired) electrons. The number of aromatic nitrogens is 4. The molecule has 8 heteroatoms. The minimum atomic E-state index is -0.00936. The average Bonchev–Trinajstić information content (AvgIpc) is 3.08. The van der Waals surface area contributed by atoms with Gasteiger partial charge in [-0.25, -0.2) is 15.0 Å². The Kier molecular flexibility index (Phi) is 4.78. The van der Waals surface area contributed by atoms with E-state index in [1.54, 1.807) is 36.7 Å². The Balaban J connectivity index is 1.97. The summed E-state index contributed by atoms with van der Waals surface area (Å²) in [5.74, 6) is 0.839. The highest BCUT2D eigenvalue weighted by Gasteiger charge is 2.12. The number of aromatic amines is 1. The van der Waals surface area contributed by atoms with E-state index in [4.69, 9.17) is 16.1 Å². The van der Waals surface area contributed by atoms with Crippen LogP contribution in [0.3, 0.4) is 0 Å². The molecule has 1 aromatic carbocycles. The molecule has 0 bridgehead atoms. The van der Waals surface area contributed by atoms with Crippen molar-refractivity contribution in [2.45, 2.75) is 6.42 Å². The van der Waals surface area contributed by atoms with Crippen molar-refractivity contribution >= 4 is 22.9 Å². The van der Waals surface area contributed by atoms with Gasteiger partial charge in [-0.05, 0) is 36.4 Å². The molecule has 0 aliphatic heterocycles. The van der Waals surface area contributed by atoms with Gasteiger partial charge in [-0.2, -0.15) is 10.4 Å². The molecule has 0 amide bonds. The second-order valence-corrected chi connectivity index (χ2v) is 5.16. The summed E-state index contributed by atoms with van der Waals surface area (Å²) in [6.45, 7) is -0.00936. The van der Waals surface area contributed by atoms with Crippen LogP contribution in [0.25, 0.3) is 22.4 Å². The highest BCUT2D eigenvalue weighted by atomic mass is 16.2. The lowest BCUT2D eigenvalue weighted by Crippen LogP contribution is -1.95. The number of benzene rings is 1. The SMILES string of the molecule is N#Cc1ccc2[nH]nc(-c3nccc(N=CC(=CN)CCO)n3)c2c1. The van der Waals surface area contributed by atoms with Gasteiger partial charge in [-0.3, -0.25) is 5.10 Å². The van der Waals surface area contributed by atoms with Crippen LogP contribution in [0.5, 0.6) is 0 Å². The van der Waals surface area contributed by atoms with Gasteiger partial charge in [0.15, 0.2) is 11.6 Å². The maximum Gasteiger partial charge on any atom is 0.182 e. The molecule has 2 aromatic heterocycles. The maximum atomic E-state index is 9.06. The smallest absolute Gasteiger partial charge is 0.182 e. The Bertz CT molecular complexity index is 998. The molecule has 4 N–H and O–H groups in total. The van der Waals surface area contributed by atoms with Crippen LogP contribution in [-0.2, 0) is 0 Å². The number of aliphatic hydroxyl groups is 1. The fraction of sp³-hybridized carbons (Fsp3) is 0.118. The molecule has 124 valence electrons. The van der Waals surface area contributed by atoms with Crippen LogP contribution >= 0.6 is 0 Å². The van der Waals surface area contributed by atoms with E-state index in [0.29, 0.717) is 34.9 Å². The Hall–Kier alpha value is -3.57.